The minimum Gasteiger partial charge on any atom is -0.513 e. The van der Waals surface area contributed by atoms with Crippen LogP contribution in [0.2, 0.25) is 0 Å². The van der Waals surface area contributed by atoms with E-state index in [2.05, 4.69) is 6.58 Å². The third kappa shape index (κ3) is 15.0. The SMILES string of the molecule is C=C(O)CCN(CCC(=O)OCC)CCN(CCC(=O)O)CCC(=O)OCC. The molecule has 0 aliphatic rings. The lowest BCUT2D eigenvalue weighted by Gasteiger charge is -2.27. The number of carbonyl (C=O) groups excluding carboxylic acids is 2. The van der Waals surface area contributed by atoms with Crippen molar-refractivity contribution in [3.8, 4) is 0 Å². The highest BCUT2D eigenvalue weighted by Gasteiger charge is 2.14. The summed E-state index contributed by atoms with van der Waals surface area (Å²) < 4.78 is 9.85. The van der Waals surface area contributed by atoms with Crippen LogP contribution in [-0.4, -0.2) is 90.4 Å². The molecule has 0 fully saturated rings. The van der Waals surface area contributed by atoms with Crippen LogP contribution < -0.4 is 0 Å². The van der Waals surface area contributed by atoms with Crippen LogP contribution in [0.5, 0.6) is 0 Å². The Morgan fingerprint density at radius 1 is 0.714 bits per heavy atom. The molecular weight excluding hydrogens is 368 g/mol. The fourth-order valence-electron chi connectivity index (χ4n) is 2.46. The third-order valence-electron chi connectivity index (χ3n) is 3.97. The first-order valence-corrected chi connectivity index (χ1v) is 9.62. The molecule has 0 aromatic carbocycles. The molecule has 9 heteroatoms. The molecule has 0 saturated carbocycles. The van der Waals surface area contributed by atoms with E-state index in [1.54, 1.807) is 13.8 Å². The zero-order chi connectivity index (χ0) is 21.4. The minimum absolute atomic E-state index is 0.0287. The largest absolute Gasteiger partial charge is 0.513 e. The highest BCUT2D eigenvalue weighted by molar-refractivity contribution is 5.70. The molecule has 0 spiro atoms. The van der Waals surface area contributed by atoms with Crippen molar-refractivity contribution in [2.24, 2.45) is 0 Å². The predicted octanol–water partition coefficient (Wildman–Crippen LogP) is 1.43. The average Bonchev–Trinajstić information content (AvgIpc) is 2.62. The van der Waals surface area contributed by atoms with Crippen LogP contribution in [0, 0.1) is 0 Å². The molecule has 0 unspecified atom stereocenters. The second-order valence-electron chi connectivity index (χ2n) is 6.25. The number of hydrogen-bond acceptors (Lipinski definition) is 8. The van der Waals surface area contributed by atoms with Gasteiger partial charge >= 0.3 is 17.9 Å². The molecule has 28 heavy (non-hydrogen) atoms. The van der Waals surface area contributed by atoms with Crippen LogP contribution in [-0.2, 0) is 23.9 Å². The van der Waals surface area contributed by atoms with Gasteiger partial charge in [0.05, 0.1) is 38.2 Å². The summed E-state index contributed by atoms with van der Waals surface area (Å²) >= 11 is 0. The monoisotopic (exact) mass is 402 g/mol. The molecule has 0 aliphatic carbocycles. The van der Waals surface area contributed by atoms with Crippen LogP contribution in [0.1, 0.15) is 39.5 Å². The molecular formula is C19H34N2O7. The van der Waals surface area contributed by atoms with Gasteiger partial charge in [0.15, 0.2) is 0 Å². The topological polar surface area (TPSA) is 117 Å². The van der Waals surface area contributed by atoms with Crippen LogP contribution in [0.25, 0.3) is 0 Å². The van der Waals surface area contributed by atoms with Crippen molar-refractivity contribution in [2.75, 3.05) is 52.5 Å². The maximum absolute atomic E-state index is 11.6. The number of carboxylic acid groups (broad SMARTS) is 1. The Hall–Kier alpha value is -2.13. The minimum atomic E-state index is -0.906. The molecule has 0 saturated heterocycles. The third-order valence-corrected chi connectivity index (χ3v) is 3.97. The Bertz CT molecular complexity index is 453. The van der Waals surface area contributed by atoms with Gasteiger partial charge in [-0.25, -0.2) is 0 Å². The van der Waals surface area contributed by atoms with E-state index in [1.165, 1.54) is 0 Å². The number of aliphatic hydroxyl groups excluding tert-OH is 1. The van der Waals surface area contributed by atoms with Crippen molar-refractivity contribution in [1.82, 2.24) is 9.80 Å². The molecule has 0 aliphatic heterocycles. The number of esters is 2. The van der Waals surface area contributed by atoms with E-state index in [1.807, 2.05) is 9.80 Å². The average molecular weight is 402 g/mol. The lowest BCUT2D eigenvalue weighted by atomic mass is 10.2. The summed E-state index contributed by atoms with van der Waals surface area (Å²) in [4.78, 5) is 37.9. The van der Waals surface area contributed by atoms with Crippen molar-refractivity contribution in [1.29, 1.82) is 0 Å². The molecule has 0 bridgehead atoms. The number of ether oxygens (including phenoxy) is 2. The summed E-state index contributed by atoms with van der Waals surface area (Å²) in [7, 11) is 0. The van der Waals surface area contributed by atoms with E-state index in [0.29, 0.717) is 58.9 Å². The van der Waals surface area contributed by atoms with Gasteiger partial charge in [0.1, 0.15) is 0 Å². The Morgan fingerprint density at radius 2 is 1.11 bits per heavy atom. The van der Waals surface area contributed by atoms with E-state index >= 15 is 0 Å². The standard InChI is InChI=1S/C19H34N2O7/c1-4-27-18(25)8-12-20(10-6-16(3)22)14-15-21(11-7-17(23)24)13-9-19(26)28-5-2/h22H,3-15H2,1-2H3,(H,23,24). The Balaban J connectivity index is 4.68. The Kier molecular flexibility index (Phi) is 14.7. The molecule has 9 nitrogen and oxygen atoms in total. The van der Waals surface area contributed by atoms with Gasteiger partial charge in [0.2, 0.25) is 0 Å². The number of aliphatic carboxylic acids is 1. The maximum Gasteiger partial charge on any atom is 0.307 e. The van der Waals surface area contributed by atoms with Crippen molar-refractivity contribution in [3.63, 3.8) is 0 Å². The fraction of sp³-hybridized carbons (Fsp3) is 0.737. The molecule has 0 aromatic heterocycles. The smallest absolute Gasteiger partial charge is 0.307 e. The van der Waals surface area contributed by atoms with Gasteiger partial charge in [-0.3, -0.25) is 14.4 Å². The van der Waals surface area contributed by atoms with Gasteiger partial charge in [-0.1, -0.05) is 6.58 Å². The zero-order valence-corrected chi connectivity index (χ0v) is 17.0. The summed E-state index contributed by atoms with van der Waals surface area (Å²) in [6, 6.07) is 0. The summed E-state index contributed by atoms with van der Waals surface area (Å²) in [6.07, 6.45) is 0.757. The fourth-order valence-corrected chi connectivity index (χ4v) is 2.46. The number of carboxylic acids is 1. The molecule has 162 valence electrons. The lowest BCUT2D eigenvalue weighted by Crippen LogP contribution is -2.38. The van der Waals surface area contributed by atoms with Crippen LogP contribution in [0.3, 0.4) is 0 Å². The van der Waals surface area contributed by atoms with E-state index in [0.717, 1.165) is 0 Å². The number of rotatable bonds is 17. The molecule has 0 radical (unpaired) electrons. The van der Waals surface area contributed by atoms with Crippen molar-refractivity contribution in [2.45, 2.75) is 39.5 Å². The summed E-state index contributed by atoms with van der Waals surface area (Å²) in [5.41, 5.74) is 0. The van der Waals surface area contributed by atoms with Gasteiger partial charge in [0, 0.05) is 45.7 Å². The molecule has 0 rings (SSSR count). The Labute approximate surface area is 166 Å². The highest BCUT2D eigenvalue weighted by atomic mass is 16.5. The number of hydrogen-bond donors (Lipinski definition) is 2. The second-order valence-corrected chi connectivity index (χ2v) is 6.25. The van der Waals surface area contributed by atoms with Gasteiger partial charge in [-0.05, 0) is 13.8 Å². The van der Waals surface area contributed by atoms with Gasteiger partial charge in [-0.2, -0.15) is 0 Å². The van der Waals surface area contributed by atoms with E-state index in [-0.39, 0.29) is 37.0 Å². The summed E-state index contributed by atoms with van der Waals surface area (Å²) in [5.74, 6) is -1.46. The predicted molar refractivity (Wildman–Crippen MR) is 104 cm³/mol. The van der Waals surface area contributed by atoms with Crippen LogP contribution in [0.4, 0.5) is 0 Å². The number of aliphatic hydroxyl groups is 1. The molecule has 2 N–H and O–H groups in total. The summed E-state index contributed by atoms with van der Waals surface area (Å²) in [6.45, 7) is 10.3. The second kappa shape index (κ2) is 15.9. The van der Waals surface area contributed by atoms with Crippen molar-refractivity contribution >= 4 is 17.9 Å². The quantitative estimate of drug-likeness (QED) is 0.275. The van der Waals surface area contributed by atoms with Gasteiger partial charge in [-0.15, -0.1) is 0 Å². The van der Waals surface area contributed by atoms with Gasteiger partial charge < -0.3 is 29.5 Å². The zero-order valence-electron chi connectivity index (χ0n) is 17.0. The highest BCUT2D eigenvalue weighted by Crippen LogP contribution is 2.03. The molecule has 0 amide bonds. The van der Waals surface area contributed by atoms with Crippen LogP contribution in [0.15, 0.2) is 12.3 Å². The molecule has 0 heterocycles. The lowest BCUT2D eigenvalue weighted by molar-refractivity contribution is -0.144. The number of carbonyl (C=O) groups is 3. The first-order chi connectivity index (χ1) is 13.3. The van der Waals surface area contributed by atoms with E-state index in [9.17, 15) is 19.5 Å². The number of nitrogens with zero attached hydrogens (tertiary/aromatic N) is 2. The Morgan fingerprint density at radius 3 is 1.46 bits per heavy atom. The molecule has 0 atom stereocenters. The van der Waals surface area contributed by atoms with Gasteiger partial charge in [0.25, 0.3) is 0 Å². The first-order valence-electron chi connectivity index (χ1n) is 9.62. The van der Waals surface area contributed by atoms with Crippen molar-refractivity contribution < 1.29 is 34.1 Å². The summed E-state index contributed by atoms with van der Waals surface area (Å²) in [5, 5.41) is 18.3. The molecule has 0 aromatic rings. The van der Waals surface area contributed by atoms with Crippen molar-refractivity contribution in [3.05, 3.63) is 12.3 Å². The van der Waals surface area contributed by atoms with E-state index < -0.39 is 5.97 Å². The van der Waals surface area contributed by atoms with E-state index in [4.69, 9.17) is 14.6 Å². The maximum atomic E-state index is 11.6. The van der Waals surface area contributed by atoms with Crippen LogP contribution >= 0.6 is 0 Å². The first kappa shape index (κ1) is 25.9. The normalized spacial score (nSPS) is 10.9.